The number of aliphatic imine (C=N–C) groups is 1. The average Bonchev–Trinajstić information content (AvgIpc) is 3.16. The Hall–Kier alpha value is -0.860. The van der Waals surface area contributed by atoms with Gasteiger partial charge in [-0.05, 0) is 36.2 Å². The van der Waals surface area contributed by atoms with E-state index in [9.17, 15) is 0 Å². The zero-order valence-corrected chi connectivity index (χ0v) is 20.0. The number of methoxy groups -OCH3 is 1. The largest absolute Gasteiger partial charge is 0.385 e. The number of ether oxygens (including phenoxy) is 2. The minimum Gasteiger partial charge on any atom is -0.385 e. The molecule has 0 saturated heterocycles. The Balaban J connectivity index is 0.00000392. The summed E-state index contributed by atoms with van der Waals surface area (Å²) < 4.78 is 11.2. The third-order valence-corrected chi connectivity index (χ3v) is 5.49. The van der Waals surface area contributed by atoms with Gasteiger partial charge in [0.2, 0.25) is 0 Å². The minimum atomic E-state index is 0. The van der Waals surface area contributed by atoms with Gasteiger partial charge in [0.05, 0.1) is 13.2 Å². The summed E-state index contributed by atoms with van der Waals surface area (Å²) in [4.78, 5) is 4.38. The lowest BCUT2D eigenvalue weighted by molar-refractivity contribution is 0.0930. The van der Waals surface area contributed by atoms with Crippen molar-refractivity contribution >= 4 is 29.9 Å². The summed E-state index contributed by atoms with van der Waals surface area (Å²) in [5.41, 5.74) is 1.57. The molecular formula is C22H38IN3O2. The molecule has 0 amide bonds. The van der Waals surface area contributed by atoms with Crippen LogP contribution in [-0.2, 0) is 16.1 Å². The molecule has 28 heavy (non-hydrogen) atoms. The van der Waals surface area contributed by atoms with Gasteiger partial charge in [-0.3, -0.25) is 4.99 Å². The molecule has 5 nitrogen and oxygen atoms in total. The monoisotopic (exact) mass is 503 g/mol. The van der Waals surface area contributed by atoms with Crippen LogP contribution in [0.25, 0.3) is 0 Å². The summed E-state index contributed by atoms with van der Waals surface area (Å²) in [6.45, 7) is 6.25. The van der Waals surface area contributed by atoms with Crippen molar-refractivity contribution in [1.29, 1.82) is 0 Å². The molecule has 2 rings (SSSR count). The Bertz CT molecular complexity index is 548. The van der Waals surface area contributed by atoms with Gasteiger partial charge in [-0.15, -0.1) is 24.0 Å². The molecule has 1 unspecified atom stereocenters. The molecule has 0 heterocycles. The minimum absolute atomic E-state index is 0. The van der Waals surface area contributed by atoms with Gasteiger partial charge in [0, 0.05) is 33.9 Å². The van der Waals surface area contributed by atoms with Crippen LogP contribution < -0.4 is 10.6 Å². The standard InChI is InChI=1S/C22H37N3O2.HI/c1-19(16-27-17-20-9-5-4-6-10-20)15-24-21(23-2)25-18-22(13-14-26-3)11-7-8-12-22;/h4-6,9-10,19H,7-8,11-18H2,1-3H3,(H2,23,24,25);1H. The Labute approximate surface area is 188 Å². The second kappa shape index (κ2) is 14.2. The highest BCUT2D eigenvalue weighted by molar-refractivity contribution is 14.0. The Morgan fingerprint density at radius 1 is 1.18 bits per heavy atom. The van der Waals surface area contributed by atoms with Crippen LogP contribution in [0.2, 0.25) is 0 Å². The van der Waals surface area contributed by atoms with E-state index >= 15 is 0 Å². The van der Waals surface area contributed by atoms with Crippen molar-refractivity contribution in [3.05, 3.63) is 35.9 Å². The molecule has 1 fully saturated rings. The molecule has 160 valence electrons. The first kappa shape index (κ1) is 25.2. The van der Waals surface area contributed by atoms with Crippen molar-refractivity contribution in [2.45, 2.75) is 45.6 Å². The van der Waals surface area contributed by atoms with E-state index in [0.29, 0.717) is 17.9 Å². The van der Waals surface area contributed by atoms with E-state index < -0.39 is 0 Å². The van der Waals surface area contributed by atoms with Crippen molar-refractivity contribution < 1.29 is 9.47 Å². The number of nitrogens with one attached hydrogen (secondary N) is 2. The van der Waals surface area contributed by atoms with E-state index in [1.807, 2.05) is 25.2 Å². The highest BCUT2D eigenvalue weighted by atomic mass is 127. The quantitative estimate of drug-likeness (QED) is 0.270. The summed E-state index contributed by atoms with van der Waals surface area (Å²) in [6, 6.07) is 10.3. The second-order valence-corrected chi connectivity index (χ2v) is 7.86. The van der Waals surface area contributed by atoms with Gasteiger partial charge in [0.25, 0.3) is 0 Å². The van der Waals surface area contributed by atoms with Crippen LogP contribution >= 0.6 is 24.0 Å². The van der Waals surface area contributed by atoms with Crippen LogP contribution in [0.3, 0.4) is 0 Å². The Morgan fingerprint density at radius 2 is 1.89 bits per heavy atom. The van der Waals surface area contributed by atoms with E-state index in [0.717, 1.165) is 38.7 Å². The fourth-order valence-corrected chi connectivity index (χ4v) is 3.73. The summed E-state index contributed by atoms with van der Waals surface area (Å²) >= 11 is 0. The normalized spacial score (nSPS) is 17.0. The number of guanidine groups is 1. The maximum absolute atomic E-state index is 5.83. The molecular weight excluding hydrogens is 465 g/mol. The smallest absolute Gasteiger partial charge is 0.191 e. The van der Waals surface area contributed by atoms with Crippen LogP contribution in [0, 0.1) is 11.3 Å². The van der Waals surface area contributed by atoms with Gasteiger partial charge >= 0.3 is 0 Å². The lowest BCUT2D eigenvalue weighted by atomic mass is 9.83. The number of hydrogen-bond donors (Lipinski definition) is 2. The third kappa shape index (κ3) is 9.09. The second-order valence-electron chi connectivity index (χ2n) is 7.86. The number of rotatable bonds is 11. The fraction of sp³-hybridized carbons (Fsp3) is 0.682. The van der Waals surface area contributed by atoms with Gasteiger partial charge in [-0.2, -0.15) is 0 Å². The number of benzene rings is 1. The van der Waals surface area contributed by atoms with E-state index in [-0.39, 0.29) is 24.0 Å². The first-order valence-corrected chi connectivity index (χ1v) is 10.2. The zero-order valence-electron chi connectivity index (χ0n) is 17.7. The maximum atomic E-state index is 5.83. The summed E-state index contributed by atoms with van der Waals surface area (Å²) in [6.07, 6.45) is 6.34. The van der Waals surface area contributed by atoms with Crippen LogP contribution in [-0.4, -0.2) is 46.4 Å². The molecule has 1 aliphatic rings. The summed E-state index contributed by atoms with van der Waals surface area (Å²) in [7, 11) is 3.63. The molecule has 0 aromatic heterocycles. The number of halogens is 1. The summed E-state index contributed by atoms with van der Waals surface area (Å²) in [5, 5.41) is 6.98. The Morgan fingerprint density at radius 3 is 2.54 bits per heavy atom. The molecule has 0 aliphatic heterocycles. The van der Waals surface area contributed by atoms with Crippen LogP contribution in [0.15, 0.2) is 35.3 Å². The van der Waals surface area contributed by atoms with Crippen molar-refractivity contribution in [3.63, 3.8) is 0 Å². The zero-order chi connectivity index (χ0) is 19.4. The van der Waals surface area contributed by atoms with Crippen LogP contribution in [0.1, 0.15) is 44.6 Å². The summed E-state index contributed by atoms with van der Waals surface area (Å²) in [5.74, 6) is 1.30. The first-order valence-electron chi connectivity index (χ1n) is 10.2. The highest BCUT2D eigenvalue weighted by Gasteiger charge is 2.33. The van der Waals surface area contributed by atoms with Gasteiger partial charge in [0.15, 0.2) is 5.96 Å². The molecule has 1 saturated carbocycles. The molecule has 2 N–H and O–H groups in total. The van der Waals surface area contributed by atoms with E-state index in [4.69, 9.17) is 9.47 Å². The van der Waals surface area contributed by atoms with Gasteiger partial charge in [0.1, 0.15) is 0 Å². The van der Waals surface area contributed by atoms with E-state index in [2.05, 4.69) is 34.7 Å². The SMILES string of the molecule is CN=C(NCC(C)COCc1ccccc1)NCC1(CCOC)CCCC1.I. The lowest BCUT2D eigenvalue weighted by Crippen LogP contribution is -2.44. The predicted molar refractivity (Wildman–Crippen MR) is 127 cm³/mol. The van der Waals surface area contributed by atoms with E-state index in [1.165, 1.54) is 31.2 Å². The number of nitrogens with zero attached hydrogens (tertiary/aromatic N) is 1. The molecule has 0 spiro atoms. The van der Waals surface area contributed by atoms with E-state index in [1.54, 1.807) is 7.11 Å². The third-order valence-electron chi connectivity index (χ3n) is 5.49. The Kier molecular flexibility index (Phi) is 12.7. The van der Waals surface area contributed by atoms with Crippen molar-refractivity contribution in [2.75, 3.05) is 40.5 Å². The molecule has 1 aliphatic carbocycles. The lowest BCUT2D eigenvalue weighted by Gasteiger charge is -2.30. The maximum Gasteiger partial charge on any atom is 0.191 e. The first-order chi connectivity index (χ1) is 13.2. The van der Waals surface area contributed by atoms with Gasteiger partial charge in [-0.25, -0.2) is 0 Å². The predicted octanol–water partition coefficient (Wildman–Crippen LogP) is 4.22. The van der Waals surface area contributed by atoms with Crippen molar-refractivity contribution in [3.8, 4) is 0 Å². The number of hydrogen-bond acceptors (Lipinski definition) is 3. The van der Waals surface area contributed by atoms with Gasteiger partial charge in [-0.1, -0.05) is 50.1 Å². The molecule has 6 heteroatoms. The highest BCUT2D eigenvalue weighted by Crippen LogP contribution is 2.40. The van der Waals surface area contributed by atoms with Gasteiger partial charge < -0.3 is 20.1 Å². The molecule has 1 aromatic carbocycles. The fourth-order valence-electron chi connectivity index (χ4n) is 3.73. The average molecular weight is 503 g/mol. The topological polar surface area (TPSA) is 54.9 Å². The van der Waals surface area contributed by atoms with Crippen LogP contribution in [0.5, 0.6) is 0 Å². The molecule has 1 aromatic rings. The van der Waals surface area contributed by atoms with Crippen LogP contribution in [0.4, 0.5) is 0 Å². The van der Waals surface area contributed by atoms with Crippen molar-refractivity contribution in [2.24, 2.45) is 16.3 Å². The molecule has 1 atom stereocenters. The molecule has 0 bridgehead atoms. The van der Waals surface area contributed by atoms with Crippen molar-refractivity contribution in [1.82, 2.24) is 10.6 Å². The molecule has 0 radical (unpaired) electrons.